The quantitative estimate of drug-likeness (QED) is 0.167. The number of pyridine rings is 1. The summed E-state index contributed by atoms with van der Waals surface area (Å²) >= 11 is 0. The Kier molecular flexibility index (Phi) is 8.46. The number of benzene rings is 4. The zero-order valence-electron chi connectivity index (χ0n) is 26.1. The fourth-order valence-corrected chi connectivity index (χ4v) is 7.16. The molecule has 4 aromatic carbocycles. The van der Waals surface area contributed by atoms with Crippen LogP contribution in [0, 0.1) is 18.1 Å². The molecule has 1 radical (unpaired) electrons. The minimum absolute atomic E-state index is 0. The van der Waals surface area contributed by atoms with Crippen LogP contribution in [0.5, 0.6) is 0 Å². The molecule has 46 heavy (non-hydrogen) atoms. The summed E-state index contributed by atoms with van der Waals surface area (Å²) < 4.78 is 8.44. The molecule has 0 unspecified atom stereocenters. The number of rotatable bonds is 4. The molecule has 2 aliphatic rings. The van der Waals surface area contributed by atoms with E-state index < -0.39 is 0 Å². The van der Waals surface area contributed by atoms with Crippen LogP contribution in [0.4, 0.5) is 0 Å². The summed E-state index contributed by atoms with van der Waals surface area (Å²) in [4.78, 5) is 9.46. The first-order chi connectivity index (χ1) is 22.2. The summed E-state index contributed by atoms with van der Waals surface area (Å²) in [6.07, 6.45) is 9.53. The van der Waals surface area contributed by atoms with Crippen molar-refractivity contribution in [1.82, 2.24) is 14.5 Å². The molecule has 0 spiro atoms. The van der Waals surface area contributed by atoms with Crippen molar-refractivity contribution in [3.05, 3.63) is 127 Å². The summed E-state index contributed by atoms with van der Waals surface area (Å²) in [6, 6.07) is 37.7. The first-order valence-electron chi connectivity index (χ1n) is 16.1. The van der Waals surface area contributed by atoms with E-state index in [1.54, 1.807) is 0 Å². The van der Waals surface area contributed by atoms with Crippen molar-refractivity contribution in [3.63, 3.8) is 0 Å². The van der Waals surface area contributed by atoms with Gasteiger partial charge in [0.25, 0.3) is 0 Å². The molecular weight excluding hydrogens is 743 g/mol. The number of hydrogen-bond donors (Lipinski definition) is 0. The third-order valence-corrected chi connectivity index (χ3v) is 9.35. The van der Waals surface area contributed by atoms with Gasteiger partial charge >= 0.3 is 0 Å². The first kappa shape index (κ1) is 30.3. The molecule has 4 nitrogen and oxygen atoms in total. The van der Waals surface area contributed by atoms with E-state index in [1.807, 2.05) is 48.7 Å². The van der Waals surface area contributed by atoms with Crippen LogP contribution in [0.25, 0.3) is 61.2 Å². The molecule has 0 saturated heterocycles. The number of nitrogens with zero attached hydrogens (tertiary/aromatic N) is 3. The van der Waals surface area contributed by atoms with Gasteiger partial charge in [0.05, 0.1) is 22.4 Å². The van der Waals surface area contributed by atoms with Crippen LogP contribution >= 0.6 is 0 Å². The van der Waals surface area contributed by atoms with Crippen LogP contribution in [0.3, 0.4) is 0 Å². The fraction of sp³-hybridized carbons (Fsp3) is 0.220. The van der Waals surface area contributed by atoms with Crippen LogP contribution in [-0.2, 0) is 26.7 Å². The van der Waals surface area contributed by atoms with E-state index in [0.717, 1.165) is 56.6 Å². The zero-order valence-corrected chi connectivity index (χ0v) is 28.5. The summed E-state index contributed by atoms with van der Waals surface area (Å²) in [5, 5.41) is 2.28. The maximum atomic E-state index is 6.13. The molecule has 1 saturated carbocycles. The molecule has 3 aromatic heterocycles. The molecule has 1 aliphatic carbocycles. The van der Waals surface area contributed by atoms with Crippen molar-refractivity contribution < 1.29 is 24.5 Å². The third kappa shape index (κ3) is 5.42. The topological polar surface area (TPSA) is 43.9 Å². The number of furan rings is 1. The molecule has 231 valence electrons. The third-order valence-electron chi connectivity index (χ3n) is 9.35. The second kappa shape index (κ2) is 12.8. The predicted octanol–water partition coefficient (Wildman–Crippen LogP) is 10.7. The summed E-state index contributed by atoms with van der Waals surface area (Å²) in [5.41, 5.74) is 11.3. The monoisotopic (exact) mass is 778 g/mol. The van der Waals surface area contributed by atoms with Gasteiger partial charge in [0.15, 0.2) is 0 Å². The number of fused-ring (bicyclic) bond motifs is 3. The van der Waals surface area contributed by atoms with Crippen molar-refractivity contribution in [1.29, 1.82) is 0 Å². The maximum absolute atomic E-state index is 6.13. The molecule has 4 heterocycles. The molecule has 0 atom stereocenters. The Morgan fingerprint density at radius 3 is 2.54 bits per heavy atom. The van der Waals surface area contributed by atoms with Gasteiger partial charge in [-0.05, 0) is 54.1 Å². The van der Waals surface area contributed by atoms with Gasteiger partial charge in [0.1, 0.15) is 5.58 Å². The van der Waals surface area contributed by atoms with Crippen LogP contribution in [-0.4, -0.2) is 14.5 Å². The van der Waals surface area contributed by atoms with Crippen molar-refractivity contribution >= 4 is 38.5 Å². The van der Waals surface area contributed by atoms with E-state index in [4.69, 9.17) is 9.40 Å². The Morgan fingerprint density at radius 2 is 1.72 bits per heavy atom. The van der Waals surface area contributed by atoms with Gasteiger partial charge in [-0.25, -0.2) is 0 Å². The summed E-state index contributed by atoms with van der Waals surface area (Å²) in [5.74, 6) is 2.23. The van der Waals surface area contributed by atoms with E-state index in [-0.39, 0.29) is 20.1 Å². The Bertz CT molecular complexity index is 2180. The smallest absolute Gasteiger partial charge is 0.120 e. The van der Waals surface area contributed by atoms with Gasteiger partial charge in [0.2, 0.25) is 0 Å². The minimum atomic E-state index is 0. The zero-order chi connectivity index (χ0) is 30.3. The second-order valence-electron chi connectivity index (χ2n) is 12.5. The largest absolute Gasteiger partial charge is 0.501 e. The Morgan fingerprint density at radius 1 is 0.870 bits per heavy atom. The van der Waals surface area contributed by atoms with E-state index in [9.17, 15) is 0 Å². The molecule has 7 aromatic rings. The normalized spacial score (nSPS) is 14.4. The molecular formula is C41H35IrN3O-2. The average Bonchev–Trinajstić information content (AvgIpc) is 3.84. The van der Waals surface area contributed by atoms with Gasteiger partial charge in [0, 0.05) is 43.8 Å². The van der Waals surface area contributed by atoms with Gasteiger partial charge in [-0.2, -0.15) is 0 Å². The second-order valence-corrected chi connectivity index (χ2v) is 12.5. The van der Waals surface area contributed by atoms with E-state index in [0.29, 0.717) is 11.8 Å². The molecule has 0 N–H and O–H groups in total. The first-order valence-corrected chi connectivity index (χ1v) is 16.1. The van der Waals surface area contributed by atoms with Crippen LogP contribution in [0.1, 0.15) is 56.6 Å². The fourth-order valence-electron chi connectivity index (χ4n) is 7.16. The minimum Gasteiger partial charge on any atom is -0.501 e. The van der Waals surface area contributed by atoms with Crippen LogP contribution < -0.4 is 0 Å². The molecule has 1 fully saturated rings. The Labute approximate surface area is 283 Å². The molecule has 9 rings (SSSR count). The summed E-state index contributed by atoms with van der Waals surface area (Å²) in [7, 11) is 0. The van der Waals surface area contributed by atoms with E-state index >= 15 is 0 Å². The molecule has 1 aliphatic heterocycles. The Balaban J connectivity index is 0.000000145. The summed E-state index contributed by atoms with van der Waals surface area (Å²) in [6.45, 7) is 5.39. The predicted molar refractivity (Wildman–Crippen MR) is 184 cm³/mol. The van der Waals surface area contributed by atoms with Crippen molar-refractivity contribution in [3.8, 4) is 22.6 Å². The number of allylic oxidation sites excluding steroid dienone is 2. The van der Waals surface area contributed by atoms with Crippen molar-refractivity contribution in [2.45, 2.75) is 52.0 Å². The van der Waals surface area contributed by atoms with Crippen LogP contribution in [0.15, 0.2) is 108 Å². The molecule has 5 heteroatoms. The van der Waals surface area contributed by atoms with Gasteiger partial charge in [-0.1, -0.05) is 85.7 Å². The molecule has 0 amide bonds. The SMILES string of the molecule is CC(C)C1=CCn2c(-c3[c-]cccc3)nc3cccc1c32.[Ir].[c-]1ccc2c(oc3ccccc32)c1-c1cc(C2CCCC2)ccn1. The van der Waals surface area contributed by atoms with Crippen molar-refractivity contribution in [2.24, 2.45) is 5.92 Å². The van der Waals surface area contributed by atoms with E-state index in [2.05, 4.69) is 90.1 Å². The maximum Gasteiger partial charge on any atom is 0.120 e. The number of aromatic nitrogens is 3. The number of hydrogen-bond acceptors (Lipinski definition) is 3. The number of imidazole rings is 1. The van der Waals surface area contributed by atoms with E-state index in [1.165, 1.54) is 47.9 Å². The average molecular weight is 778 g/mol. The standard InChI is InChI=1S/C22H18NO.C19H17N2.Ir/c1-2-7-15(6-1)16-12-13-23-20(14-16)19-10-5-9-18-17-8-3-4-11-21(17)24-22(18)19;1-13(2)15-11-12-21-18-16(15)9-6-10-17(18)20-19(21)14-7-4-3-5-8-14;/h3-5,8-9,11-15H,1-2,6-7H2;3-7,9-11,13H,12H2,1-2H3;/q2*-1;. The molecule has 0 bridgehead atoms. The van der Waals surface area contributed by atoms with Crippen LogP contribution in [0.2, 0.25) is 0 Å². The Hall–Kier alpha value is -4.31. The van der Waals surface area contributed by atoms with Crippen molar-refractivity contribution in [2.75, 3.05) is 0 Å². The van der Waals surface area contributed by atoms with Gasteiger partial charge in [-0.3, -0.25) is 4.98 Å². The van der Waals surface area contributed by atoms with Gasteiger partial charge in [-0.15, -0.1) is 54.1 Å². The number of para-hydroxylation sites is 2. The van der Waals surface area contributed by atoms with Gasteiger partial charge < -0.3 is 14.0 Å².